The van der Waals surface area contributed by atoms with Crippen LogP contribution in [-0.4, -0.2) is 21.4 Å². The van der Waals surface area contributed by atoms with Crippen molar-refractivity contribution in [3.63, 3.8) is 0 Å². The molecule has 2 N–H and O–H groups in total. The van der Waals surface area contributed by atoms with Crippen molar-refractivity contribution in [1.82, 2.24) is 14.9 Å². The second-order valence-electron chi connectivity index (χ2n) is 5.64. The summed E-state index contributed by atoms with van der Waals surface area (Å²) in [5.74, 6) is 0.910. The molecule has 24 heavy (non-hydrogen) atoms. The van der Waals surface area contributed by atoms with E-state index in [9.17, 15) is 9.59 Å². The van der Waals surface area contributed by atoms with Gasteiger partial charge in [-0.15, -0.1) is 0 Å². The summed E-state index contributed by atoms with van der Waals surface area (Å²) in [5.41, 5.74) is 0.894. The molecule has 0 aliphatic heterocycles. The van der Waals surface area contributed by atoms with Crippen LogP contribution in [0.5, 0.6) is 0 Å². The Morgan fingerprint density at radius 3 is 2.50 bits per heavy atom. The molecule has 0 unspecified atom stereocenters. The van der Waals surface area contributed by atoms with Crippen LogP contribution in [0.2, 0.25) is 0 Å². The number of nitrogens with zero attached hydrogens (tertiary/aromatic N) is 1. The number of aromatic nitrogens is 2. The fourth-order valence-corrected chi connectivity index (χ4v) is 2.62. The van der Waals surface area contributed by atoms with E-state index in [1.54, 1.807) is 6.26 Å². The van der Waals surface area contributed by atoms with Crippen molar-refractivity contribution in [3.8, 4) is 0 Å². The van der Waals surface area contributed by atoms with Crippen molar-refractivity contribution in [2.24, 2.45) is 0 Å². The molecule has 3 rings (SSSR count). The Bertz CT molecular complexity index is 838. The highest BCUT2D eigenvalue weighted by molar-refractivity contribution is 5.15. The van der Waals surface area contributed by atoms with Crippen LogP contribution in [-0.2, 0) is 19.5 Å². The van der Waals surface area contributed by atoms with Crippen LogP contribution in [0.15, 0.2) is 68.8 Å². The van der Waals surface area contributed by atoms with Gasteiger partial charge >= 0.3 is 5.69 Å². The lowest BCUT2D eigenvalue weighted by molar-refractivity contribution is 0.250. The maximum atomic E-state index is 11.5. The molecule has 0 radical (unpaired) electrons. The average molecular weight is 325 g/mol. The monoisotopic (exact) mass is 325 g/mol. The molecule has 0 saturated heterocycles. The third kappa shape index (κ3) is 4.57. The molecule has 0 saturated carbocycles. The van der Waals surface area contributed by atoms with E-state index in [2.05, 4.69) is 27.0 Å². The van der Waals surface area contributed by atoms with E-state index in [1.807, 2.05) is 30.3 Å². The normalized spacial score (nSPS) is 11.0. The van der Waals surface area contributed by atoms with E-state index in [-0.39, 0.29) is 5.56 Å². The maximum absolute atomic E-state index is 11.5. The highest BCUT2D eigenvalue weighted by Crippen LogP contribution is 2.10. The number of furan rings is 1. The van der Waals surface area contributed by atoms with Gasteiger partial charge in [0, 0.05) is 37.8 Å². The molecule has 124 valence electrons. The molecule has 0 amide bonds. The van der Waals surface area contributed by atoms with Crippen LogP contribution >= 0.6 is 0 Å². The van der Waals surface area contributed by atoms with Crippen LogP contribution in [0.1, 0.15) is 17.0 Å². The fraction of sp³-hybridized carbons (Fsp3) is 0.222. The first-order chi connectivity index (χ1) is 11.7. The number of aromatic amines is 2. The van der Waals surface area contributed by atoms with Crippen molar-refractivity contribution < 1.29 is 4.42 Å². The number of benzene rings is 1. The second-order valence-corrected chi connectivity index (χ2v) is 5.64. The van der Waals surface area contributed by atoms with Crippen LogP contribution in [0.4, 0.5) is 0 Å². The van der Waals surface area contributed by atoms with Crippen molar-refractivity contribution in [2.75, 3.05) is 6.54 Å². The summed E-state index contributed by atoms with van der Waals surface area (Å²) in [7, 11) is 0. The lowest BCUT2D eigenvalue weighted by atomic mass is 10.2. The van der Waals surface area contributed by atoms with Crippen LogP contribution in [0, 0.1) is 0 Å². The highest BCUT2D eigenvalue weighted by Gasteiger charge is 2.10. The molecule has 6 heteroatoms. The molecular weight excluding hydrogens is 306 g/mol. The molecule has 2 aromatic heterocycles. The minimum atomic E-state index is -0.483. The van der Waals surface area contributed by atoms with Crippen molar-refractivity contribution in [3.05, 3.63) is 92.6 Å². The summed E-state index contributed by atoms with van der Waals surface area (Å²) in [4.78, 5) is 30.0. The summed E-state index contributed by atoms with van der Waals surface area (Å²) in [5, 5.41) is 0. The molecule has 0 atom stereocenters. The quantitative estimate of drug-likeness (QED) is 0.695. The first kappa shape index (κ1) is 16.0. The van der Waals surface area contributed by atoms with E-state index in [1.165, 1.54) is 11.6 Å². The second kappa shape index (κ2) is 7.61. The highest BCUT2D eigenvalue weighted by atomic mass is 16.3. The van der Waals surface area contributed by atoms with Gasteiger partial charge in [-0.2, -0.15) is 0 Å². The van der Waals surface area contributed by atoms with Gasteiger partial charge < -0.3 is 9.40 Å². The Morgan fingerprint density at radius 2 is 1.79 bits per heavy atom. The number of hydrogen-bond donors (Lipinski definition) is 2. The topological polar surface area (TPSA) is 82.1 Å². The number of nitrogens with one attached hydrogen (secondary N) is 2. The first-order valence-corrected chi connectivity index (χ1v) is 7.80. The Labute approximate surface area is 138 Å². The Kier molecular flexibility index (Phi) is 5.08. The maximum Gasteiger partial charge on any atom is 0.325 e. The summed E-state index contributed by atoms with van der Waals surface area (Å²) < 4.78 is 5.38. The Balaban J connectivity index is 1.75. The molecular formula is C18H19N3O3. The van der Waals surface area contributed by atoms with Crippen LogP contribution in [0.25, 0.3) is 0 Å². The van der Waals surface area contributed by atoms with E-state index in [0.29, 0.717) is 12.2 Å². The van der Waals surface area contributed by atoms with Gasteiger partial charge in [0.15, 0.2) is 0 Å². The molecule has 6 nitrogen and oxygen atoms in total. The molecule has 1 aromatic carbocycles. The van der Waals surface area contributed by atoms with Gasteiger partial charge in [-0.1, -0.05) is 30.3 Å². The molecule has 0 bridgehead atoms. The minimum absolute atomic E-state index is 0.389. The Hall–Kier alpha value is -2.86. The number of hydrogen-bond acceptors (Lipinski definition) is 4. The lowest BCUT2D eigenvalue weighted by Crippen LogP contribution is -2.29. The van der Waals surface area contributed by atoms with Crippen molar-refractivity contribution in [2.45, 2.75) is 19.5 Å². The first-order valence-electron chi connectivity index (χ1n) is 7.80. The van der Waals surface area contributed by atoms with Crippen LogP contribution < -0.4 is 11.2 Å². The molecule has 3 aromatic rings. The van der Waals surface area contributed by atoms with Gasteiger partial charge in [0.1, 0.15) is 5.76 Å². The summed E-state index contributed by atoms with van der Waals surface area (Å²) in [6, 6.07) is 15.3. The minimum Gasteiger partial charge on any atom is -0.469 e. The van der Waals surface area contributed by atoms with E-state index >= 15 is 0 Å². The van der Waals surface area contributed by atoms with E-state index < -0.39 is 5.69 Å². The smallest absolute Gasteiger partial charge is 0.325 e. The van der Waals surface area contributed by atoms with E-state index in [0.717, 1.165) is 25.3 Å². The molecule has 2 heterocycles. The zero-order valence-electron chi connectivity index (χ0n) is 13.2. The van der Waals surface area contributed by atoms with Gasteiger partial charge in [0.05, 0.1) is 6.26 Å². The molecule has 0 aliphatic rings. The van der Waals surface area contributed by atoms with Gasteiger partial charge in [-0.05, 0) is 17.7 Å². The van der Waals surface area contributed by atoms with E-state index in [4.69, 9.17) is 4.42 Å². The van der Waals surface area contributed by atoms with Gasteiger partial charge in [-0.25, -0.2) is 4.79 Å². The third-order valence-electron chi connectivity index (χ3n) is 3.71. The number of rotatable bonds is 7. The van der Waals surface area contributed by atoms with Crippen molar-refractivity contribution >= 4 is 0 Å². The van der Waals surface area contributed by atoms with Crippen molar-refractivity contribution in [1.29, 1.82) is 0 Å². The Morgan fingerprint density at radius 1 is 0.958 bits per heavy atom. The fourth-order valence-electron chi connectivity index (χ4n) is 2.62. The zero-order chi connectivity index (χ0) is 16.8. The standard InChI is InChI=1S/C18H19N3O3/c22-17-11-15(19-18(23)20-17)13-21(9-8-16-7-4-10-24-16)12-14-5-2-1-3-6-14/h1-7,10-11H,8-9,12-13H2,(H2,19,20,22,23). The predicted molar refractivity (Wildman–Crippen MR) is 90.7 cm³/mol. The average Bonchev–Trinajstić information content (AvgIpc) is 3.06. The third-order valence-corrected chi connectivity index (χ3v) is 3.71. The molecule has 0 spiro atoms. The van der Waals surface area contributed by atoms with Crippen LogP contribution in [0.3, 0.4) is 0 Å². The zero-order valence-corrected chi connectivity index (χ0v) is 13.2. The summed E-state index contributed by atoms with van der Waals surface area (Å²) in [6.07, 6.45) is 2.42. The summed E-state index contributed by atoms with van der Waals surface area (Å²) >= 11 is 0. The van der Waals surface area contributed by atoms with Gasteiger partial charge in [0.2, 0.25) is 0 Å². The largest absolute Gasteiger partial charge is 0.469 e. The molecule has 0 aliphatic carbocycles. The predicted octanol–water partition coefficient (Wildman–Crippen LogP) is 1.90. The summed E-state index contributed by atoms with van der Waals surface area (Å²) in [6.45, 7) is 1.95. The lowest BCUT2D eigenvalue weighted by Gasteiger charge is -2.21. The molecule has 0 fully saturated rings. The van der Waals surface area contributed by atoms with Gasteiger partial charge in [-0.3, -0.25) is 14.7 Å². The van der Waals surface area contributed by atoms with Gasteiger partial charge in [0.25, 0.3) is 5.56 Å². The number of H-pyrrole nitrogens is 2. The SMILES string of the molecule is O=c1cc(CN(CCc2ccco2)Cc2ccccc2)[nH]c(=O)[nH]1.